The quantitative estimate of drug-likeness (QED) is 0.863. The van der Waals surface area contributed by atoms with E-state index in [0.29, 0.717) is 36.4 Å². The number of nitrogens with zero attached hydrogens (tertiary/aromatic N) is 1. The van der Waals surface area contributed by atoms with E-state index < -0.39 is 0 Å². The first-order valence-corrected chi connectivity index (χ1v) is 7.82. The summed E-state index contributed by atoms with van der Waals surface area (Å²) in [7, 11) is 2.00. The van der Waals surface area contributed by atoms with Gasteiger partial charge in [0.25, 0.3) is 0 Å². The minimum atomic E-state index is 0. The zero-order valence-corrected chi connectivity index (χ0v) is 13.2. The third-order valence-electron chi connectivity index (χ3n) is 5.18. The lowest BCUT2D eigenvalue weighted by Crippen LogP contribution is -2.48. The van der Waals surface area contributed by atoms with Crippen molar-refractivity contribution in [2.24, 2.45) is 5.92 Å². The lowest BCUT2D eigenvalue weighted by molar-refractivity contribution is -0.133. The van der Waals surface area contributed by atoms with Crippen LogP contribution in [0.5, 0.6) is 0 Å². The number of carbonyl (C=O) groups is 1. The Balaban J connectivity index is 0.00000147. The number of halogens is 1. The van der Waals surface area contributed by atoms with Crippen LogP contribution >= 0.6 is 12.4 Å². The normalized spacial score (nSPS) is 35.6. The molecule has 3 unspecified atom stereocenters. The molecule has 1 N–H and O–H groups in total. The molecule has 4 nitrogen and oxygen atoms in total. The first-order valence-electron chi connectivity index (χ1n) is 7.82. The zero-order valence-electron chi connectivity index (χ0n) is 12.3. The molecule has 3 saturated heterocycles. The van der Waals surface area contributed by atoms with Crippen molar-refractivity contribution in [2.45, 2.75) is 63.1 Å². The van der Waals surface area contributed by atoms with Gasteiger partial charge in [-0.1, -0.05) is 0 Å². The maximum absolute atomic E-state index is 12.3. The van der Waals surface area contributed by atoms with E-state index in [4.69, 9.17) is 4.74 Å². The Bertz CT molecular complexity index is 322. The van der Waals surface area contributed by atoms with Crippen LogP contribution in [0.15, 0.2) is 0 Å². The minimum Gasteiger partial charge on any atom is -0.381 e. The standard InChI is InChI=1S/C15H26N2O2.ClH/c1-17(14-8-12-3-4-13(9-14)16-12)15(18)5-2-11-6-7-19-10-11;/h11-14,16H,2-10H2,1H3;1H. The summed E-state index contributed by atoms with van der Waals surface area (Å²) in [4.78, 5) is 14.3. The Morgan fingerprint density at radius 3 is 2.55 bits per heavy atom. The van der Waals surface area contributed by atoms with Crippen LogP contribution in [0.4, 0.5) is 0 Å². The molecule has 20 heavy (non-hydrogen) atoms. The number of rotatable bonds is 4. The Morgan fingerprint density at radius 2 is 1.95 bits per heavy atom. The Kier molecular flexibility index (Phi) is 5.70. The number of carbonyl (C=O) groups excluding carboxylic acids is 1. The van der Waals surface area contributed by atoms with Crippen LogP contribution in [0.2, 0.25) is 0 Å². The van der Waals surface area contributed by atoms with Crippen LogP contribution < -0.4 is 5.32 Å². The highest BCUT2D eigenvalue weighted by Crippen LogP contribution is 2.29. The topological polar surface area (TPSA) is 41.6 Å². The minimum absolute atomic E-state index is 0. The van der Waals surface area contributed by atoms with E-state index in [9.17, 15) is 4.79 Å². The molecule has 3 heterocycles. The van der Waals surface area contributed by atoms with E-state index in [-0.39, 0.29) is 12.4 Å². The monoisotopic (exact) mass is 302 g/mol. The number of ether oxygens (including phenoxy) is 1. The number of amides is 1. The molecule has 0 spiro atoms. The summed E-state index contributed by atoms with van der Waals surface area (Å²) in [5.41, 5.74) is 0. The van der Waals surface area contributed by atoms with Gasteiger partial charge in [0.05, 0.1) is 0 Å². The lowest BCUT2D eigenvalue weighted by Gasteiger charge is -2.35. The Morgan fingerprint density at radius 1 is 1.25 bits per heavy atom. The van der Waals surface area contributed by atoms with E-state index in [1.807, 2.05) is 11.9 Å². The molecule has 116 valence electrons. The maximum atomic E-state index is 12.3. The van der Waals surface area contributed by atoms with Crippen LogP contribution in [-0.2, 0) is 9.53 Å². The average Bonchev–Trinajstić information content (AvgIpc) is 3.05. The molecule has 0 aliphatic carbocycles. The number of fused-ring (bicyclic) bond motifs is 2. The third-order valence-corrected chi connectivity index (χ3v) is 5.18. The first-order chi connectivity index (χ1) is 9.22. The summed E-state index contributed by atoms with van der Waals surface area (Å²) >= 11 is 0. The molecule has 3 fully saturated rings. The first kappa shape index (κ1) is 16.1. The molecule has 3 aliphatic heterocycles. The predicted molar refractivity (Wildman–Crippen MR) is 81.1 cm³/mol. The van der Waals surface area contributed by atoms with Gasteiger partial charge in [-0.3, -0.25) is 4.79 Å². The average molecular weight is 303 g/mol. The molecule has 3 aliphatic rings. The van der Waals surface area contributed by atoms with E-state index in [1.54, 1.807) is 0 Å². The molecule has 0 aromatic rings. The highest BCUT2D eigenvalue weighted by atomic mass is 35.5. The third kappa shape index (κ3) is 3.66. The van der Waals surface area contributed by atoms with Crippen molar-refractivity contribution in [3.05, 3.63) is 0 Å². The zero-order chi connectivity index (χ0) is 13.2. The fourth-order valence-corrected chi connectivity index (χ4v) is 3.86. The second kappa shape index (κ2) is 7.10. The summed E-state index contributed by atoms with van der Waals surface area (Å²) < 4.78 is 5.37. The maximum Gasteiger partial charge on any atom is 0.222 e. The van der Waals surface area contributed by atoms with Crippen molar-refractivity contribution in [3.8, 4) is 0 Å². The van der Waals surface area contributed by atoms with E-state index in [0.717, 1.165) is 38.9 Å². The van der Waals surface area contributed by atoms with Crippen molar-refractivity contribution in [3.63, 3.8) is 0 Å². The molecular formula is C15H27ClN2O2. The summed E-state index contributed by atoms with van der Waals surface area (Å²) in [5, 5.41) is 3.64. The number of hydrogen-bond acceptors (Lipinski definition) is 3. The van der Waals surface area contributed by atoms with Crippen LogP contribution in [0, 0.1) is 5.92 Å². The van der Waals surface area contributed by atoms with Gasteiger partial charge in [-0.25, -0.2) is 0 Å². The van der Waals surface area contributed by atoms with Gasteiger partial charge in [0.15, 0.2) is 0 Å². The number of nitrogens with one attached hydrogen (secondary N) is 1. The van der Waals surface area contributed by atoms with Gasteiger partial charge in [0.2, 0.25) is 5.91 Å². The second-order valence-corrected chi connectivity index (χ2v) is 6.54. The Hall–Kier alpha value is -0.320. The van der Waals surface area contributed by atoms with Crippen LogP contribution in [0.1, 0.15) is 44.9 Å². The molecule has 3 atom stereocenters. The van der Waals surface area contributed by atoms with E-state index in [1.165, 1.54) is 12.8 Å². The van der Waals surface area contributed by atoms with Crippen LogP contribution in [-0.4, -0.2) is 49.2 Å². The molecule has 5 heteroatoms. The van der Waals surface area contributed by atoms with Crippen molar-refractivity contribution >= 4 is 18.3 Å². The Labute approximate surface area is 128 Å². The predicted octanol–water partition coefficient (Wildman–Crippen LogP) is 1.97. The lowest BCUT2D eigenvalue weighted by atomic mass is 9.97. The van der Waals surface area contributed by atoms with E-state index in [2.05, 4.69) is 5.32 Å². The van der Waals surface area contributed by atoms with Gasteiger partial charge in [-0.15, -0.1) is 12.4 Å². The fourth-order valence-electron chi connectivity index (χ4n) is 3.86. The van der Waals surface area contributed by atoms with Gasteiger partial charge in [-0.05, 0) is 44.4 Å². The summed E-state index contributed by atoms with van der Waals surface area (Å²) in [6.45, 7) is 1.74. The highest BCUT2D eigenvalue weighted by molar-refractivity contribution is 5.85. The van der Waals surface area contributed by atoms with Crippen molar-refractivity contribution in [1.82, 2.24) is 10.2 Å². The fraction of sp³-hybridized carbons (Fsp3) is 0.933. The molecule has 0 radical (unpaired) electrons. The molecule has 2 bridgehead atoms. The SMILES string of the molecule is CN(C(=O)CCC1CCOC1)C1CC2CCC(C1)N2.Cl. The smallest absolute Gasteiger partial charge is 0.222 e. The molecule has 0 saturated carbocycles. The van der Waals surface area contributed by atoms with E-state index >= 15 is 0 Å². The number of piperidine rings is 1. The number of hydrogen-bond donors (Lipinski definition) is 1. The summed E-state index contributed by atoms with van der Waals surface area (Å²) in [6.07, 6.45) is 7.71. The second-order valence-electron chi connectivity index (χ2n) is 6.54. The molecule has 3 rings (SSSR count). The van der Waals surface area contributed by atoms with Gasteiger partial charge in [-0.2, -0.15) is 0 Å². The molecule has 0 aromatic carbocycles. The van der Waals surface area contributed by atoms with Gasteiger partial charge >= 0.3 is 0 Å². The van der Waals surface area contributed by atoms with Crippen molar-refractivity contribution < 1.29 is 9.53 Å². The van der Waals surface area contributed by atoms with Crippen LogP contribution in [0.25, 0.3) is 0 Å². The van der Waals surface area contributed by atoms with Gasteiger partial charge in [0.1, 0.15) is 0 Å². The summed E-state index contributed by atoms with van der Waals surface area (Å²) in [5.74, 6) is 0.944. The summed E-state index contributed by atoms with van der Waals surface area (Å²) in [6, 6.07) is 1.77. The molecular weight excluding hydrogens is 276 g/mol. The van der Waals surface area contributed by atoms with Crippen molar-refractivity contribution in [1.29, 1.82) is 0 Å². The highest BCUT2D eigenvalue weighted by Gasteiger charge is 2.36. The van der Waals surface area contributed by atoms with Gasteiger partial charge < -0.3 is 15.0 Å². The van der Waals surface area contributed by atoms with Crippen molar-refractivity contribution in [2.75, 3.05) is 20.3 Å². The molecule has 0 aromatic heterocycles. The molecule has 1 amide bonds. The largest absolute Gasteiger partial charge is 0.381 e. The van der Waals surface area contributed by atoms with Crippen LogP contribution in [0.3, 0.4) is 0 Å². The van der Waals surface area contributed by atoms with Gasteiger partial charge in [0, 0.05) is 44.8 Å².